The van der Waals surface area contributed by atoms with Crippen molar-refractivity contribution in [3.8, 4) is 16.9 Å². The maximum absolute atomic E-state index is 13.1. The molecule has 0 atom stereocenters. The maximum Gasteiger partial charge on any atom is 0.193 e. The Morgan fingerprint density at radius 1 is 0.931 bits per heavy atom. The number of rotatable bonds is 6. The van der Waals surface area contributed by atoms with Gasteiger partial charge in [0.05, 0.1) is 20.3 Å². The van der Waals surface area contributed by atoms with Gasteiger partial charge in [-0.2, -0.15) is 0 Å². The monoisotopic (exact) mass is 387 g/mol. The molecule has 0 saturated heterocycles. The lowest BCUT2D eigenvalue weighted by Gasteiger charge is -2.13. The first-order chi connectivity index (χ1) is 14.1. The van der Waals surface area contributed by atoms with Crippen LogP contribution in [0.4, 0.5) is 0 Å². The number of aliphatic hydroxyl groups is 2. The van der Waals surface area contributed by atoms with E-state index in [1.807, 2.05) is 42.6 Å². The van der Waals surface area contributed by atoms with Crippen LogP contribution in [0.3, 0.4) is 0 Å². The number of aliphatic hydroxyl groups excluding tert-OH is 2. The van der Waals surface area contributed by atoms with Crippen molar-refractivity contribution in [1.82, 2.24) is 4.98 Å². The molecule has 29 heavy (non-hydrogen) atoms. The summed E-state index contributed by atoms with van der Waals surface area (Å²) in [6, 6.07) is 18.8. The van der Waals surface area contributed by atoms with E-state index in [4.69, 9.17) is 4.74 Å². The first-order valence-corrected chi connectivity index (χ1v) is 9.28. The maximum atomic E-state index is 13.1. The van der Waals surface area contributed by atoms with Gasteiger partial charge in [0.15, 0.2) is 5.78 Å². The summed E-state index contributed by atoms with van der Waals surface area (Å²) in [6.45, 7) is -0.561. The quantitative estimate of drug-likeness (QED) is 0.436. The second-order valence-corrected chi connectivity index (χ2v) is 6.82. The average Bonchev–Trinajstić information content (AvgIpc) is 3.25. The van der Waals surface area contributed by atoms with Crippen LogP contribution in [0.15, 0.2) is 66.9 Å². The molecule has 5 nitrogen and oxygen atoms in total. The van der Waals surface area contributed by atoms with Crippen LogP contribution in [-0.2, 0) is 13.2 Å². The second kappa shape index (κ2) is 7.91. The van der Waals surface area contributed by atoms with E-state index in [0.29, 0.717) is 28.0 Å². The lowest BCUT2D eigenvalue weighted by molar-refractivity contribution is 0.103. The molecule has 3 N–H and O–H groups in total. The Morgan fingerprint density at radius 3 is 2.52 bits per heavy atom. The number of aromatic amines is 1. The summed E-state index contributed by atoms with van der Waals surface area (Å²) < 4.78 is 5.31. The van der Waals surface area contributed by atoms with Crippen molar-refractivity contribution in [1.29, 1.82) is 0 Å². The molecule has 0 aliphatic carbocycles. The van der Waals surface area contributed by atoms with Gasteiger partial charge in [-0.25, -0.2) is 0 Å². The molecule has 0 fully saturated rings. The van der Waals surface area contributed by atoms with Crippen molar-refractivity contribution in [2.45, 2.75) is 13.2 Å². The molecule has 0 radical (unpaired) electrons. The van der Waals surface area contributed by atoms with Crippen LogP contribution in [0, 0.1) is 0 Å². The minimum absolute atomic E-state index is 0.174. The minimum atomic E-state index is -0.288. The largest absolute Gasteiger partial charge is 0.496 e. The summed E-state index contributed by atoms with van der Waals surface area (Å²) in [5.41, 5.74) is 4.94. The Balaban J connectivity index is 1.74. The number of nitrogens with one attached hydrogen (secondary N) is 1. The highest BCUT2D eigenvalue weighted by Gasteiger charge is 2.16. The first-order valence-electron chi connectivity index (χ1n) is 9.28. The number of hydrogen-bond donors (Lipinski definition) is 3. The van der Waals surface area contributed by atoms with Gasteiger partial charge in [-0.3, -0.25) is 4.79 Å². The number of ether oxygens (including phenoxy) is 1. The fraction of sp³-hybridized carbons (Fsp3) is 0.125. The fourth-order valence-electron chi connectivity index (χ4n) is 3.58. The summed E-state index contributed by atoms with van der Waals surface area (Å²) in [5, 5.41) is 20.3. The molecule has 0 unspecified atom stereocenters. The number of methoxy groups -OCH3 is 1. The number of hydrogen-bond acceptors (Lipinski definition) is 4. The Morgan fingerprint density at radius 2 is 1.76 bits per heavy atom. The van der Waals surface area contributed by atoms with E-state index in [2.05, 4.69) is 11.1 Å². The number of ketones is 1. The predicted octanol–water partition coefficient (Wildman–Crippen LogP) is 4.06. The minimum Gasteiger partial charge on any atom is -0.496 e. The van der Waals surface area contributed by atoms with Gasteiger partial charge in [-0.1, -0.05) is 24.3 Å². The Labute approximate surface area is 168 Å². The summed E-state index contributed by atoms with van der Waals surface area (Å²) in [5.74, 6) is 0.212. The lowest BCUT2D eigenvalue weighted by Crippen LogP contribution is -2.06. The van der Waals surface area contributed by atoms with Crippen molar-refractivity contribution in [3.05, 3.63) is 89.1 Å². The Bertz CT molecular complexity index is 1170. The zero-order chi connectivity index (χ0) is 20.4. The molecule has 0 amide bonds. The van der Waals surface area contributed by atoms with Crippen molar-refractivity contribution < 1.29 is 19.7 Å². The van der Waals surface area contributed by atoms with E-state index in [1.54, 1.807) is 18.2 Å². The smallest absolute Gasteiger partial charge is 0.193 e. The Hall–Kier alpha value is -3.41. The molecular formula is C24H21NO4. The highest BCUT2D eigenvalue weighted by atomic mass is 16.5. The van der Waals surface area contributed by atoms with Gasteiger partial charge in [0.1, 0.15) is 5.75 Å². The van der Waals surface area contributed by atoms with Crippen molar-refractivity contribution in [2.24, 2.45) is 0 Å². The molecule has 1 aromatic heterocycles. The third kappa shape index (κ3) is 3.53. The second-order valence-electron chi connectivity index (χ2n) is 6.82. The summed E-state index contributed by atoms with van der Waals surface area (Å²) >= 11 is 0. The van der Waals surface area contributed by atoms with E-state index in [9.17, 15) is 15.0 Å². The van der Waals surface area contributed by atoms with Crippen LogP contribution in [0.1, 0.15) is 27.0 Å². The molecule has 0 saturated carbocycles. The van der Waals surface area contributed by atoms with E-state index < -0.39 is 0 Å². The van der Waals surface area contributed by atoms with Crippen LogP contribution in [0.25, 0.3) is 22.0 Å². The van der Waals surface area contributed by atoms with Gasteiger partial charge < -0.3 is 19.9 Å². The molecule has 0 bridgehead atoms. The molecule has 3 aromatic carbocycles. The predicted molar refractivity (Wildman–Crippen MR) is 112 cm³/mol. The van der Waals surface area contributed by atoms with Crippen LogP contribution < -0.4 is 4.74 Å². The van der Waals surface area contributed by atoms with Crippen LogP contribution in [-0.4, -0.2) is 28.1 Å². The fourth-order valence-corrected chi connectivity index (χ4v) is 3.58. The molecular weight excluding hydrogens is 366 g/mol. The molecule has 0 spiro atoms. The van der Waals surface area contributed by atoms with Crippen molar-refractivity contribution >= 4 is 16.7 Å². The third-order valence-corrected chi connectivity index (χ3v) is 5.12. The summed E-state index contributed by atoms with van der Waals surface area (Å²) in [4.78, 5) is 16.3. The number of fused-ring (bicyclic) bond motifs is 1. The molecule has 1 heterocycles. The van der Waals surface area contributed by atoms with Gasteiger partial charge in [-0.05, 0) is 58.5 Å². The zero-order valence-electron chi connectivity index (χ0n) is 16.0. The van der Waals surface area contributed by atoms with E-state index >= 15 is 0 Å². The number of H-pyrrole nitrogens is 1. The van der Waals surface area contributed by atoms with Crippen LogP contribution >= 0.6 is 0 Å². The van der Waals surface area contributed by atoms with Crippen LogP contribution in [0.2, 0.25) is 0 Å². The highest BCUT2D eigenvalue weighted by molar-refractivity contribution is 6.10. The van der Waals surface area contributed by atoms with E-state index in [-0.39, 0.29) is 19.0 Å². The molecule has 4 rings (SSSR count). The normalized spacial score (nSPS) is 11.0. The first kappa shape index (κ1) is 18.9. The van der Waals surface area contributed by atoms with Crippen molar-refractivity contribution in [3.63, 3.8) is 0 Å². The van der Waals surface area contributed by atoms with Crippen LogP contribution in [0.5, 0.6) is 5.75 Å². The number of benzene rings is 3. The van der Waals surface area contributed by atoms with Crippen molar-refractivity contribution in [2.75, 3.05) is 7.11 Å². The molecule has 0 aliphatic rings. The lowest BCUT2D eigenvalue weighted by atomic mass is 9.95. The van der Waals surface area contributed by atoms with Gasteiger partial charge in [0.2, 0.25) is 0 Å². The Kier molecular flexibility index (Phi) is 5.16. The average molecular weight is 387 g/mol. The standard InChI is InChI=1S/C24H21NO4/c1-29-23-12-19(11-20(13-26)21(23)14-27)24(28)18-4-2-3-15(10-18)16-5-6-22-17(9-16)7-8-25-22/h2-12,25-27H,13-14H2,1H3. The van der Waals surface area contributed by atoms with Gasteiger partial charge in [-0.15, -0.1) is 0 Å². The summed E-state index contributed by atoms with van der Waals surface area (Å²) in [6.07, 6.45) is 1.90. The molecule has 0 aliphatic heterocycles. The topological polar surface area (TPSA) is 82.6 Å². The molecule has 4 aromatic rings. The number of carbonyl (C=O) groups excluding carboxylic acids is 1. The van der Waals surface area contributed by atoms with E-state index in [1.165, 1.54) is 7.11 Å². The van der Waals surface area contributed by atoms with Gasteiger partial charge in [0, 0.05) is 28.4 Å². The SMILES string of the molecule is COc1cc(C(=O)c2cccc(-c3ccc4[nH]ccc4c3)c2)cc(CO)c1CO. The third-order valence-electron chi connectivity index (χ3n) is 5.12. The molecule has 146 valence electrons. The highest BCUT2D eigenvalue weighted by Crippen LogP contribution is 2.28. The number of aromatic nitrogens is 1. The van der Waals surface area contributed by atoms with Gasteiger partial charge in [0.25, 0.3) is 0 Å². The molecule has 5 heteroatoms. The number of carbonyl (C=O) groups is 1. The zero-order valence-corrected chi connectivity index (χ0v) is 16.0. The van der Waals surface area contributed by atoms with E-state index in [0.717, 1.165) is 22.0 Å². The van der Waals surface area contributed by atoms with Gasteiger partial charge >= 0.3 is 0 Å². The summed E-state index contributed by atoms with van der Waals surface area (Å²) in [7, 11) is 1.47.